The summed E-state index contributed by atoms with van der Waals surface area (Å²) in [5.74, 6) is 0. The van der Waals surface area contributed by atoms with Gasteiger partial charge in [-0.1, -0.05) is 0 Å². The van der Waals surface area contributed by atoms with Crippen LogP contribution in [0.3, 0.4) is 0 Å². The van der Waals surface area contributed by atoms with Crippen LogP contribution in [0.15, 0.2) is 0 Å². The van der Waals surface area contributed by atoms with Gasteiger partial charge in [-0.2, -0.15) is 4.89 Å². The van der Waals surface area contributed by atoms with Gasteiger partial charge in [-0.05, 0) is 4.57 Å². The van der Waals surface area contributed by atoms with Crippen molar-refractivity contribution in [2.24, 2.45) is 5.73 Å². The summed E-state index contributed by atoms with van der Waals surface area (Å²) in [5, 5.41) is 0. The molecule has 48 valence electrons. The molecule has 0 saturated carbocycles. The molecule has 0 rings (SSSR count). The van der Waals surface area contributed by atoms with Crippen LogP contribution in [0.25, 0.3) is 0 Å². The Morgan fingerprint density at radius 1 is 1.88 bits per heavy atom. The highest BCUT2D eigenvalue weighted by Crippen LogP contribution is 2.14. The van der Waals surface area contributed by atoms with Crippen molar-refractivity contribution in [2.45, 2.75) is 12.7 Å². The Morgan fingerprint density at radius 2 is 2.38 bits per heavy atom. The van der Waals surface area contributed by atoms with Crippen LogP contribution in [0, 0.1) is 0 Å². The molecule has 2 unspecified atom stereocenters. The molecule has 0 aliphatic rings. The maximum atomic E-state index is 11.6. The minimum Gasteiger partial charge on any atom is -0.302 e. The second-order valence-electron chi connectivity index (χ2n) is 1.38. The van der Waals surface area contributed by atoms with E-state index in [1.54, 1.807) is 0 Å². The van der Waals surface area contributed by atoms with E-state index in [1.807, 2.05) is 0 Å². The summed E-state index contributed by atoms with van der Waals surface area (Å²) in [6.07, 6.45) is -1.54. The first-order valence-electron chi connectivity index (χ1n) is 2.16. The van der Waals surface area contributed by atoms with Gasteiger partial charge in [-0.25, -0.2) is 4.39 Å². The number of alkyl halides is 1. The first-order valence-corrected chi connectivity index (χ1v) is 3.56. The van der Waals surface area contributed by atoms with Crippen molar-refractivity contribution in [2.75, 3.05) is 6.16 Å². The lowest BCUT2D eigenvalue weighted by Crippen LogP contribution is -2.13. The van der Waals surface area contributed by atoms with Crippen molar-refractivity contribution in [1.29, 1.82) is 0 Å². The molecule has 0 radical (unpaired) electrons. The first kappa shape index (κ1) is 7.95. The molecule has 0 aromatic carbocycles. The Bertz CT molecular complexity index is 87.4. The van der Waals surface area contributed by atoms with Crippen LogP contribution >= 0.6 is 8.03 Å². The molecule has 2 atom stereocenters. The van der Waals surface area contributed by atoms with Crippen LogP contribution in [0.2, 0.25) is 0 Å². The zero-order valence-corrected chi connectivity index (χ0v) is 5.14. The molecule has 0 aromatic rings. The molecule has 0 amide bonds. The summed E-state index contributed by atoms with van der Waals surface area (Å²) in [4.78, 5) is 8.09. The summed E-state index contributed by atoms with van der Waals surface area (Å²) in [7, 11) is -2.20. The van der Waals surface area contributed by atoms with E-state index in [0.717, 1.165) is 0 Å². The van der Waals surface area contributed by atoms with Gasteiger partial charge in [0.1, 0.15) is 0 Å². The van der Waals surface area contributed by atoms with E-state index in [0.29, 0.717) is 0 Å². The smallest absolute Gasteiger partial charge is 0.302 e. The number of rotatable bonds is 3. The molecule has 5 heteroatoms. The minimum atomic E-state index is -2.20. The van der Waals surface area contributed by atoms with E-state index < -0.39 is 14.3 Å². The third kappa shape index (κ3) is 5.95. The van der Waals surface area contributed by atoms with Crippen molar-refractivity contribution in [3.05, 3.63) is 0 Å². The topological polar surface area (TPSA) is 63.3 Å². The normalized spacial score (nSPS) is 15.6. The van der Waals surface area contributed by atoms with E-state index in [9.17, 15) is 8.96 Å². The lowest BCUT2D eigenvalue weighted by molar-refractivity contribution is 0.333. The minimum absolute atomic E-state index is 0.0360. The van der Waals surface area contributed by atoms with Crippen molar-refractivity contribution in [3.63, 3.8) is 0 Å². The quantitative estimate of drug-likeness (QED) is 0.439. The van der Waals surface area contributed by atoms with Crippen LogP contribution in [-0.2, 0) is 4.57 Å². The van der Waals surface area contributed by atoms with E-state index in [4.69, 9.17) is 4.89 Å². The maximum Gasteiger partial charge on any atom is 0.505 e. The molecule has 0 aliphatic heterocycles. The lowest BCUT2D eigenvalue weighted by atomic mass is 10.5. The molecule has 0 saturated heterocycles. The summed E-state index contributed by atoms with van der Waals surface area (Å²) >= 11 is 0. The summed E-state index contributed by atoms with van der Waals surface area (Å²) < 4.78 is 21.4. The largest absolute Gasteiger partial charge is 0.505 e. The molecule has 3 N–H and O–H groups in total. The molecule has 0 fully saturated rings. The van der Waals surface area contributed by atoms with Crippen molar-refractivity contribution >= 4 is 8.03 Å². The van der Waals surface area contributed by atoms with Gasteiger partial charge in [-0.3, -0.25) is 0 Å². The number of hydrogen-bond acceptors (Lipinski definition) is 2. The highest BCUT2D eigenvalue weighted by atomic mass is 31.1. The van der Waals surface area contributed by atoms with Gasteiger partial charge in [0.2, 0.25) is 0 Å². The molecule has 8 heavy (non-hydrogen) atoms. The van der Waals surface area contributed by atoms with E-state index in [1.165, 1.54) is 0 Å². The molecule has 0 aromatic heterocycles. The summed E-state index contributed by atoms with van der Waals surface area (Å²) in [6.45, 7) is 0. The van der Waals surface area contributed by atoms with Crippen molar-refractivity contribution in [1.82, 2.24) is 0 Å². The summed E-state index contributed by atoms with van der Waals surface area (Å²) in [6, 6.07) is 0. The van der Waals surface area contributed by atoms with Crippen LogP contribution in [0.5, 0.6) is 0 Å². The second kappa shape index (κ2) is 3.89. The molecule has 0 bridgehead atoms. The fraction of sp³-hybridized carbons (Fsp3) is 1.00. The van der Waals surface area contributed by atoms with Crippen LogP contribution in [0.4, 0.5) is 4.39 Å². The summed E-state index contributed by atoms with van der Waals surface area (Å²) in [5.41, 5.74) is 4.63. The van der Waals surface area contributed by atoms with Gasteiger partial charge in [0.05, 0.1) is 0 Å². The Balaban J connectivity index is 3.05. The molecular weight excluding hydrogens is 132 g/mol. The Hall–Kier alpha value is -0.0500. The molecule has 0 spiro atoms. The zero-order chi connectivity index (χ0) is 6.57. The monoisotopic (exact) mass is 140 g/mol. The first-order chi connectivity index (χ1) is 3.63. The SMILES string of the molecule is NC(F)CC[P+](=O)O. The Kier molecular flexibility index (Phi) is 3.87. The van der Waals surface area contributed by atoms with Crippen molar-refractivity contribution < 1.29 is 13.8 Å². The van der Waals surface area contributed by atoms with Gasteiger partial charge in [-0.15, -0.1) is 0 Å². The average Bonchev–Trinajstić information content (AvgIpc) is 1.61. The third-order valence-corrected chi connectivity index (χ3v) is 1.24. The van der Waals surface area contributed by atoms with Crippen molar-refractivity contribution in [3.8, 4) is 0 Å². The molecule has 0 aliphatic carbocycles. The van der Waals surface area contributed by atoms with Gasteiger partial charge < -0.3 is 5.73 Å². The third-order valence-electron chi connectivity index (χ3n) is 0.596. The average molecular weight is 140 g/mol. The van der Waals surface area contributed by atoms with E-state index in [-0.39, 0.29) is 12.6 Å². The van der Waals surface area contributed by atoms with Gasteiger partial charge in [0.25, 0.3) is 0 Å². The highest BCUT2D eigenvalue weighted by molar-refractivity contribution is 7.37. The Labute approximate surface area is 47.6 Å². The number of nitrogens with two attached hydrogens (primary N) is 1. The van der Waals surface area contributed by atoms with Gasteiger partial charge in [0.15, 0.2) is 12.5 Å². The highest BCUT2D eigenvalue weighted by Gasteiger charge is 2.11. The molecule has 0 heterocycles. The second-order valence-corrected chi connectivity index (χ2v) is 2.53. The number of hydrogen-bond donors (Lipinski definition) is 2. The standard InChI is InChI=1S/C3H7FNO2P/c4-3(5)1-2-8(6)7/h3H,1-2,5H2/p+1. The fourth-order valence-corrected chi connectivity index (χ4v) is 0.701. The van der Waals surface area contributed by atoms with Crippen LogP contribution in [0.1, 0.15) is 6.42 Å². The lowest BCUT2D eigenvalue weighted by Gasteiger charge is -1.89. The predicted octanol–water partition coefficient (Wildman–Crippen LogP) is 0.365. The van der Waals surface area contributed by atoms with Crippen LogP contribution < -0.4 is 5.73 Å². The maximum absolute atomic E-state index is 11.6. The predicted molar refractivity (Wildman–Crippen MR) is 28.4 cm³/mol. The fourth-order valence-electron chi connectivity index (χ4n) is 0.234. The molecule has 3 nitrogen and oxygen atoms in total. The van der Waals surface area contributed by atoms with E-state index >= 15 is 0 Å². The number of halogens is 1. The van der Waals surface area contributed by atoms with Gasteiger partial charge in [0, 0.05) is 6.42 Å². The van der Waals surface area contributed by atoms with Crippen LogP contribution in [-0.4, -0.2) is 17.4 Å². The van der Waals surface area contributed by atoms with E-state index in [2.05, 4.69) is 5.73 Å². The Morgan fingerprint density at radius 3 is 2.50 bits per heavy atom. The zero-order valence-electron chi connectivity index (χ0n) is 4.25. The van der Waals surface area contributed by atoms with Gasteiger partial charge >= 0.3 is 8.03 Å². The molecular formula is C3H8FNO2P+.